The number of halogens is 1. The van der Waals surface area contributed by atoms with Gasteiger partial charge in [-0.2, -0.15) is 0 Å². The number of likely N-dealkylation sites (N-methyl/N-ethyl adjacent to an activating group) is 1. The van der Waals surface area contributed by atoms with E-state index < -0.39 is 5.54 Å². The molecule has 0 aliphatic rings. The summed E-state index contributed by atoms with van der Waals surface area (Å²) in [5.41, 5.74) is -0.0177. The Balaban J connectivity index is 3.20. The summed E-state index contributed by atoms with van der Waals surface area (Å²) in [6.45, 7) is 3.92. The maximum absolute atomic E-state index is 12.5. The first-order valence-electron chi connectivity index (χ1n) is 5.12. The zero-order valence-electron chi connectivity index (χ0n) is 10.3. The summed E-state index contributed by atoms with van der Waals surface area (Å²) >= 11 is 3.25. The summed E-state index contributed by atoms with van der Waals surface area (Å²) in [6.07, 6.45) is 0.733. The van der Waals surface area contributed by atoms with E-state index in [1.54, 1.807) is 7.05 Å². The first-order valence-corrected chi connectivity index (χ1v) is 5.91. The normalized spacial score (nSPS) is 15.2. The quantitative estimate of drug-likeness (QED) is 0.788. The van der Waals surface area contributed by atoms with Gasteiger partial charge in [-0.1, -0.05) is 12.1 Å². The van der Waals surface area contributed by atoms with Gasteiger partial charge in [0.15, 0.2) is 4.60 Å². The predicted octanol–water partition coefficient (Wildman–Crippen LogP) is 1.49. The molecule has 0 spiro atoms. The number of aryl methyl sites for hydroxylation is 1. The van der Waals surface area contributed by atoms with E-state index >= 15 is 0 Å². The van der Waals surface area contributed by atoms with Crippen LogP contribution in [0.1, 0.15) is 30.8 Å². The number of aromatic nitrogens is 3. The van der Waals surface area contributed by atoms with E-state index in [-0.39, 0.29) is 5.78 Å². The van der Waals surface area contributed by atoms with Crippen LogP contribution in [0.4, 0.5) is 0 Å². The van der Waals surface area contributed by atoms with Crippen molar-refractivity contribution in [3.05, 3.63) is 10.3 Å². The van der Waals surface area contributed by atoms with Crippen LogP contribution in [-0.4, -0.2) is 45.3 Å². The van der Waals surface area contributed by atoms with Gasteiger partial charge in [0.1, 0.15) is 5.69 Å². The van der Waals surface area contributed by atoms with Crippen molar-refractivity contribution in [1.29, 1.82) is 0 Å². The highest BCUT2D eigenvalue weighted by atomic mass is 79.9. The van der Waals surface area contributed by atoms with Gasteiger partial charge in [0.2, 0.25) is 5.78 Å². The molecule has 0 saturated carbocycles. The molecular weight excluding hydrogens is 272 g/mol. The average Bonchev–Trinajstić information content (AvgIpc) is 2.56. The molecule has 1 unspecified atom stereocenters. The van der Waals surface area contributed by atoms with Crippen LogP contribution in [0.25, 0.3) is 0 Å². The zero-order chi connectivity index (χ0) is 12.5. The summed E-state index contributed by atoms with van der Waals surface area (Å²) in [7, 11) is 5.52. The number of hydrogen-bond acceptors (Lipinski definition) is 4. The maximum Gasteiger partial charge on any atom is 0.203 e. The van der Waals surface area contributed by atoms with Crippen molar-refractivity contribution in [1.82, 2.24) is 19.9 Å². The molecule has 0 fully saturated rings. The first kappa shape index (κ1) is 13.3. The van der Waals surface area contributed by atoms with Crippen LogP contribution in [0.5, 0.6) is 0 Å². The second-order valence-electron chi connectivity index (χ2n) is 4.20. The van der Waals surface area contributed by atoms with Crippen molar-refractivity contribution in [3.8, 4) is 0 Å². The third kappa shape index (κ3) is 2.04. The Kier molecular flexibility index (Phi) is 3.85. The highest BCUT2D eigenvalue weighted by Gasteiger charge is 2.37. The fourth-order valence-corrected chi connectivity index (χ4v) is 2.02. The van der Waals surface area contributed by atoms with Crippen molar-refractivity contribution in [3.63, 3.8) is 0 Å². The van der Waals surface area contributed by atoms with E-state index in [0.717, 1.165) is 6.42 Å². The minimum atomic E-state index is -0.530. The molecule has 0 N–H and O–H groups in total. The summed E-state index contributed by atoms with van der Waals surface area (Å²) < 4.78 is 2.01. The Hall–Kier alpha value is -0.750. The van der Waals surface area contributed by atoms with Crippen molar-refractivity contribution >= 4 is 21.7 Å². The predicted molar refractivity (Wildman–Crippen MR) is 65.4 cm³/mol. The van der Waals surface area contributed by atoms with E-state index in [4.69, 9.17) is 0 Å². The van der Waals surface area contributed by atoms with Crippen molar-refractivity contribution in [2.45, 2.75) is 25.8 Å². The molecule has 5 nitrogen and oxygen atoms in total. The highest BCUT2D eigenvalue weighted by molar-refractivity contribution is 9.10. The lowest BCUT2D eigenvalue weighted by Gasteiger charge is -2.33. The molecular formula is C10H17BrN4O. The number of rotatable bonds is 4. The minimum absolute atomic E-state index is 0.0272. The lowest BCUT2D eigenvalue weighted by atomic mass is 9.90. The Labute approximate surface area is 104 Å². The number of carbonyl (C=O) groups is 1. The smallest absolute Gasteiger partial charge is 0.203 e. The molecule has 6 heteroatoms. The minimum Gasteiger partial charge on any atom is -0.297 e. The Morgan fingerprint density at radius 1 is 1.56 bits per heavy atom. The van der Waals surface area contributed by atoms with Crippen LogP contribution in [0.2, 0.25) is 0 Å². The van der Waals surface area contributed by atoms with Gasteiger partial charge in [-0.3, -0.25) is 9.69 Å². The van der Waals surface area contributed by atoms with Gasteiger partial charge < -0.3 is 0 Å². The van der Waals surface area contributed by atoms with Crippen LogP contribution in [0.3, 0.4) is 0 Å². The summed E-state index contributed by atoms with van der Waals surface area (Å²) in [6, 6.07) is 0. The molecule has 0 radical (unpaired) electrons. The second kappa shape index (κ2) is 4.63. The van der Waals surface area contributed by atoms with Gasteiger partial charge in [-0.15, -0.1) is 5.10 Å². The van der Waals surface area contributed by atoms with E-state index in [1.807, 2.05) is 32.8 Å². The fourth-order valence-electron chi connectivity index (χ4n) is 1.51. The molecule has 16 heavy (non-hydrogen) atoms. The highest BCUT2D eigenvalue weighted by Crippen LogP contribution is 2.25. The molecule has 1 atom stereocenters. The topological polar surface area (TPSA) is 51.0 Å². The van der Waals surface area contributed by atoms with Crippen molar-refractivity contribution in [2.24, 2.45) is 7.05 Å². The van der Waals surface area contributed by atoms with E-state index in [9.17, 15) is 4.79 Å². The molecule has 0 saturated heterocycles. The van der Waals surface area contributed by atoms with Gasteiger partial charge in [0.25, 0.3) is 0 Å². The van der Waals surface area contributed by atoms with Crippen LogP contribution < -0.4 is 0 Å². The number of nitrogens with zero attached hydrogens (tertiary/aromatic N) is 4. The monoisotopic (exact) mass is 288 g/mol. The zero-order valence-corrected chi connectivity index (χ0v) is 11.9. The van der Waals surface area contributed by atoms with Gasteiger partial charge in [-0.25, -0.2) is 4.68 Å². The maximum atomic E-state index is 12.5. The molecule has 1 aromatic heterocycles. The number of carbonyl (C=O) groups excluding carboxylic acids is 1. The Morgan fingerprint density at radius 2 is 2.12 bits per heavy atom. The van der Waals surface area contributed by atoms with Crippen LogP contribution in [0, 0.1) is 0 Å². The third-order valence-electron chi connectivity index (χ3n) is 3.17. The molecule has 0 bridgehead atoms. The van der Waals surface area contributed by atoms with Crippen LogP contribution in [-0.2, 0) is 7.05 Å². The fraction of sp³-hybridized carbons (Fsp3) is 0.700. The van der Waals surface area contributed by atoms with Gasteiger partial charge in [0.05, 0.1) is 5.54 Å². The molecule has 1 aromatic rings. The molecule has 0 aliphatic carbocycles. The molecule has 0 aliphatic heterocycles. The van der Waals surface area contributed by atoms with Crippen LogP contribution >= 0.6 is 15.9 Å². The van der Waals surface area contributed by atoms with Gasteiger partial charge >= 0.3 is 0 Å². The second-order valence-corrected chi connectivity index (χ2v) is 4.95. The third-order valence-corrected chi connectivity index (χ3v) is 3.70. The summed E-state index contributed by atoms with van der Waals surface area (Å²) in [5, 5.41) is 7.66. The summed E-state index contributed by atoms with van der Waals surface area (Å²) in [4.78, 5) is 14.4. The largest absolute Gasteiger partial charge is 0.297 e. The number of ketones is 1. The molecule has 1 rings (SSSR count). The average molecular weight is 289 g/mol. The lowest BCUT2D eigenvalue weighted by molar-refractivity contribution is 0.0699. The molecule has 0 amide bonds. The van der Waals surface area contributed by atoms with E-state index in [1.165, 1.54) is 4.68 Å². The molecule has 90 valence electrons. The number of hydrogen-bond donors (Lipinski definition) is 0. The number of Topliss-reactive ketones (excluding diaryl/α,β-unsaturated/α-hetero) is 1. The van der Waals surface area contributed by atoms with Gasteiger partial charge in [-0.05, 0) is 43.4 Å². The lowest BCUT2D eigenvalue weighted by Crippen LogP contribution is -2.48. The van der Waals surface area contributed by atoms with E-state index in [0.29, 0.717) is 10.3 Å². The first-order chi connectivity index (χ1) is 7.34. The van der Waals surface area contributed by atoms with Gasteiger partial charge in [0, 0.05) is 7.05 Å². The summed E-state index contributed by atoms with van der Waals surface area (Å²) in [5.74, 6) is 0.0272. The van der Waals surface area contributed by atoms with Crippen molar-refractivity contribution in [2.75, 3.05) is 14.1 Å². The van der Waals surface area contributed by atoms with Crippen LogP contribution in [0.15, 0.2) is 4.60 Å². The van der Waals surface area contributed by atoms with Crippen molar-refractivity contribution < 1.29 is 4.79 Å². The SMILES string of the molecule is CCC(C)(C(=O)c1c(Br)nnn1C)N(C)C. The molecule has 1 heterocycles. The Morgan fingerprint density at radius 3 is 2.44 bits per heavy atom. The Bertz CT molecular complexity index is 382. The molecule has 0 aromatic carbocycles. The standard InChI is InChI=1S/C10H17BrN4O/c1-6-10(2,14(3)4)8(16)7-9(11)12-13-15(7)5/h6H2,1-5H3. The van der Waals surface area contributed by atoms with E-state index in [2.05, 4.69) is 26.2 Å².